The van der Waals surface area contributed by atoms with Gasteiger partial charge in [-0.2, -0.15) is 0 Å². The van der Waals surface area contributed by atoms with Gasteiger partial charge in [-0.1, -0.05) is 6.07 Å². The highest BCUT2D eigenvalue weighted by atomic mass is 19.1. The molecule has 0 saturated carbocycles. The van der Waals surface area contributed by atoms with E-state index in [4.69, 9.17) is 4.74 Å². The zero-order chi connectivity index (χ0) is 12.8. The summed E-state index contributed by atoms with van der Waals surface area (Å²) in [5.41, 5.74) is 1.05. The van der Waals surface area contributed by atoms with Gasteiger partial charge in [0.2, 0.25) is 0 Å². The van der Waals surface area contributed by atoms with E-state index in [2.05, 4.69) is 0 Å². The molecule has 0 spiro atoms. The molecule has 1 rings (SSSR count). The van der Waals surface area contributed by atoms with Crippen molar-refractivity contribution >= 4 is 5.69 Å². The summed E-state index contributed by atoms with van der Waals surface area (Å²) in [6, 6.07) is 4.81. The van der Waals surface area contributed by atoms with Crippen molar-refractivity contribution in [3.8, 4) is 0 Å². The summed E-state index contributed by atoms with van der Waals surface area (Å²) in [5, 5.41) is 9.61. The minimum absolute atomic E-state index is 0.339. The Morgan fingerprint density at radius 1 is 1.47 bits per heavy atom. The summed E-state index contributed by atoms with van der Waals surface area (Å²) >= 11 is 0. The second kappa shape index (κ2) is 6.57. The molecule has 1 N–H and O–H groups in total. The average Bonchev–Trinajstić information content (AvgIpc) is 2.28. The van der Waals surface area contributed by atoms with Gasteiger partial charge in [-0.3, -0.25) is 0 Å². The fourth-order valence-corrected chi connectivity index (χ4v) is 1.74. The van der Waals surface area contributed by atoms with Crippen LogP contribution in [0.3, 0.4) is 0 Å². The number of hydrogen-bond donors (Lipinski definition) is 1. The van der Waals surface area contributed by atoms with Gasteiger partial charge in [0.25, 0.3) is 0 Å². The van der Waals surface area contributed by atoms with Crippen LogP contribution in [0.1, 0.15) is 25.5 Å². The van der Waals surface area contributed by atoms with E-state index in [1.165, 1.54) is 6.07 Å². The zero-order valence-corrected chi connectivity index (χ0v) is 10.6. The number of likely N-dealkylation sites (N-methyl/N-ethyl adjacent to an activating group) is 1. The molecule has 1 aromatic carbocycles. The highest BCUT2D eigenvalue weighted by Crippen LogP contribution is 2.27. The molecule has 0 aliphatic rings. The average molecular weight is 241 g/mol. The number of rotatable bonds is 6. The van der Waals surface area contributed by atoms with E-state index in [0.717, 1.165) is 0 Å². The number of anilines is 1. The lowest BCUT2D eigenvalue weighted by molar-refractivity contribution is 0.154. The first-order chi connectivity index (χ1) is 8.07. The zero-order valence-electron chi connectivity index (χ0n) is 10.6. The summed E-state index contributed by atoms with van der Waals surface area (Å²) in [6.45, 7) is 5.42. The SMILES string of the molecule is CCOCCN(C)c1cccc(F)c1C(C)O. The van der Waals surface area contributed by atoms with Gasteiger partial charge >= 0.3 is 0 Å². The van der Waals surface area contributed by atoms with Crippen molar-refractivity contribution in [1.29, 1.82) is 0 Å². The van der Waals surface area contributed by atoms with Crippen LogP contribution in [-0.4, -0.2) is 31.9 Å². The van der Waals surface area contributed by atoms with Crippen molar-refractivity contribution in [1.82, 2.24) is 0 Å². The van der Waals surface area contributed by atoms with Crippen molar-refractivity contribution < 1.29 is 14.2 Å². The standard InChI is InChI=1S/C13H20FNO2/c1-4-17-9-8-15(3)12-7-5-6-11(14)13(12)10(2)16/h5-7,10,16H,4,8-9H2,1-3H3. The van der Waals surface area contributed by atoms with E-state index in [1.54, 1.807) is 19.1 Å². The number of aliphatic hydroxyl groups is 1. The van der Waals surface area contributed by atoms with Gasteiger partial charge < -0.3 is 14.7 Å². The molecular formula is C13H20FNO2. The Morgan fingerprint density at radius 3 is 2.76 bits per heavy atom. The van der Waals surface area contributed by atoms with Crippen LogP contribution in [0, 0.1) is 5.82 Å². The molecule has 4 heteroatoms. The summed E-state index contributed by atoms with van der Waals surface area (Å²) in [6.07, 6.45) is -0.819. The third-order valence-corrected chi connectivity index (χ3v) is 2.63. The number of aliphatic hydroxyl groups excluding tert-OH is 1. The Hall–Kier alpha value is -1.13. The van der Waals surface area contributed by atoms with Gasteiger partial charge in [0.15, 0.2) is 0 Å². The summed E-state index contributed by atoms with van der Waals surface area (Å²) in [4.78, 5) is 1.89. The number of hydrogen-bond acceptors (Lipinski definition) is 3. The molecule has 17 heavy (non-hydrogen) atoms. The topological polar surface area (TPSA) is 32.7 Å². The van der Waals surface area contributed by atoms with Gasteiger partial charge in [0.1, 0.15) is 5.82 Å². The van der Waals surface area contributed by atoms with Crippen LogP contribution < -0.4 is 4.90 Å². The largest absolute Gasteiger partial charge is 0.389 e. The van der Waals surface area contributed by atoms with E-state index in [0.29, 0.717) is 31.0 Å². The monoisotopic (exact) mass is 241 g/mol. The number of ether oxygens (including phenoxy) is 1. The van der Waals surface area contributed by atoms with E-state index in [9.17, 15) is 9.50 Å². The molecule has 1 unspecified atom stereocenters. The smallest absolute Gasteiger partial charge is 0.131 e. The Bertz CT molecular complexity index is 355. The van der Waals surface area contributed by atoms with Crippen LogP contribution in [0.25, 0.3) is 0 Å². The molecule has 0 heterocycles. The van der Waals surface area contributed by atoms with Crippen molar-refractivity contribution in [3.05, 3.63) is 29.6 Å². The van der Waals surface area contributed by atoms with Crippen LogP contribution in [0.5, 0.6) is 0 Å². The highest BCUT2D eigenvalue weighted by Gasteiger charge is 2.15. The third kappa shape index (κ3) is 3.68. The predicted molar refractivity (Wildman–Crippen MR) is 66.8 cm³/mol. The van der Waals surface area contributed by atoms with Crippen LogP contribution in [0.2, 0.25) is 0 Å². The summed E-state index contributed by atoms with van der Waals surface area (Å²) < 4.78 is 18.9. The lowest BCUT2D eigenvalue weighted by atomic mass is 10.1. The first-order valence-corrected chi connectivity index (χ1v) is 5.83. The summed E-state index contributed by atoms with van der Waals surface area (Å²) in [7, 11) is 1.86. The van der Waals surface area contributed by atoms with E-state index < -0.39 is 6.10 Å². The Labute approximate surface area is 102 Å². The lowest BCUT2D eigenvalue weighted by Gasteiger charge is -2.23. The van der Waals surface area contributed by atoms with Gasteiger partial charge in [-0.25, -0.2) is 4.39 Å². The third-order valence-electron chi connectivity index (χ3n) is 2.63. The van der Waals surface area contributed by atoms with Crippen molar-refractivity contribution in [2.45, 2.75) is 20.0 Å². The highest BCUT2D eigenvalue weighted by molar-refractivity contribution is 5.54. The molecule has 0 aliphatic heterocycles. The molecule has 96 valence electrons. The van der Waals surface area contributed by atoms with Crippen LogP contribution in [-0.2, 0) is 4.74 Å². The Balaban J connectivity index is 2.85. The second-order valence-corrected chi connectivity index (χ2v) is 3.97. The number of benzene rings is 1. The van der Waals surface area contributed by atoms with Gasteiger partial charge in [-0.05, 0) is 26.0 Å². The molecule has 0 aromatic heterocycles. The molecule has 0 fully saturated rings. The molecule has 1 atom stereocenters. The second-order valence-electron chi connectivity index (χ2n) is 3.97. The fourth-order valence-electron chi connectivity index (χ4n) is 1.74. The Morgan fingerprint density at radius 2 is 2.18 bits per heavy atom. The van der Waals surface area contributed by atoms with E-state index in [1.807, 2.05) is 18.9 Å². The normalized spacial score (nSPS) is 12.5. The number of nitrogens with zero attached hydrogens (tertiary/aromatic N) is 1. The van der Waals surface area contributed by atoms with Crippen molar-refractivity contribution in [2.75, 3.05) is 31.7 Å². The maximum Gasteiger partial charge on any atom is 0.131 e. The predicted octanol–water partition coefficient (Wildman–Crippen LogP) is 2.35. The maximum absolute atomic E-state index is 13.6. The molecular weight excluding hydrogens is 221 g/mol. The summed E-state index contributed by atoms with van der Waals surface area (Å²) in [5.74, 6) is -0.374. The first kappa shape index (κ1) is 13.9. The van der Waals surface area contributed by atoms with Gasteiger partial charge in [0.05, 0.1) is 12.7 Å². The van der Waals surface area contributed by atoms with Crippen LogP contribution >= 0.6 is 0 Å². The van der Waals surface area contributed by atoms with Crippen molar-refractivity contribution in [2.24, 2.45) is 0 Å². The molecule has 0 radical (unpaired) electrons. The Kier molecular flexibility index (Phi) is 5.38. The number of halogens is 1. The van der Waals surface area contributed by atoms with E-state index in [-0.39, 0.29) is 5.82 Å². The molecule has 3 nitrogen and oxygen atoms in total. The maximum atomic E-state index is 13.6. The van der Waals surface area contributed by atoms with Gasteiger partial charge in [-0.15, -0.1) is 0 Å². The minimum Gasteiger partial charge on any atom is -0.389 e. The van der Waals surface area contributed by atoms with E-state index >= 15 is 0 Å². The van der Waals surface area contributed by atoms with Crippen LogP contribution in [0.4, 0.5) is 10.1 Å². The fraction of sp³-hybridized carbons (Fsp3) is 0.538. The van der Waals surface area contributed by atoms with Crippen molar-refractivity contribution in [3.63, 3.8) is 0 Å². The molecule has 0 saturated heterocycles. The molecule has 0 aliphatic carbocycles. The quantitative estimate of drug-likeness (QED) is 0.776. The molecule has 1 aromatic rings. The molecule has 0 bridgehead atoms. The molecule has 0 amide bonds. The van der Waals surface area contributed by atoms with Gasteiger partial charge in [0, 0.05) is 31.5 Å². The first-order valence-electron chi connectivity index (χ1n) is 5.83. The lowest BCUT2D eigenvalue weighted by Crippen LogP contribution is -2.24. The van der Waals surface area contributed by atoms with Crippen LogP contribution in [0.15, 0.2) is 18.2 Å². The minimum atomic E-state index is -0.819.